The van der Waals surface area contributed by atoms with Crippen LogP contribution in [0.15, 0.2) is 27.1 Å². The minimum atomic E-state index is 0.0445. The molecule has 0 aliphatic rings. The molecular weight excluding hydrogens is 348 g/mol. The van der Waals surface area contributed by atoms with Crippen LogP contribution in [0.3, 0.4) is 0 Å². The maximum Gasteiger partial charge on any atom is 0.253 e. The van der Waals surface area contributed by atoms with Crippen molar-refractivity contribution in [2.45, 2.75) is 6.42 Å². The van der Waals surface area contributed by atoms with Crippen molar-refractivity contribution in [3.63, 3.8) is 0 Å². The Kier molecular flexibility index (Phi) is 6.16. The first-order valence-electron chi connectivity index (χ1n) is 5.40. The highest BCUT2D eigenvalue weighted by atomic mass is 79.9. The maximum absolute atomic E-state index is 12.1. The van der Waals surface area contributed by atoms with Crippen molar-refractivity contribution in [3.05, 3.63) is 32.7 Å². The highest BCUT2D eigenvalue weighted by Crippen LogP contribution is 2.20. The van der Waals surface area contributed by atoms with Crippen molar-refractivity contribution in [1.29, 1.82) is 0 Å². The third-order valence-electron chi connectivity index (χ3n) is 2.38. The Morgan fingerprint density at radius 2 is 1.88 bits per heavy atom. The topological polar surface area (TPSA) is 32.3 Å². The van der Waals surface area contributed by atoms with Gasteiger partial charge < -0.3 is 10.2 Å². The highest BCUT2D eigenvalue weighted by molar-refractivity contribution is 9.11. The van der Waals surface area contributed by atoms with Crippen LogP contribution < -0.4 is 5.32 Å². The van der Waals surface area contributed by atoms with E-state index in [1.165, 1.54) is 0 Å². The van der Waals surface area contributed by atoms with E-state index >= 15 is 0 Å². The van der Waals surface area contributed by atoms with E-state index in [-0.39, 0.29) is 5.91 Å². The predicted octanol–water partition coefficient (Wildman–Crippen LogP) is 2.89. The molecule has 1 aromatic rings. The smallest absolute Gasteiger partial charge is 0.253 e. The van der Waals surface area contributed by atoms with Crippen molar-refractivity contribution in [3.8, 4) is 0 Å². The molecule has 0 aliphatic heterocycles. The van der Waals surface area contributed by atoms with Gasteiger partial charge in [-0.25, -0.2) is 0 Å². The molecular formula is C12H16Br2N2O. The van der Waals surface area contributed by atoms with E-state index < -0.39 is 0 Å². The molecule has 5 heteroatoms. The summed E-state index contributed by atoms with van der Waals surface area (Å²) in [5, 5.41) is 3.07. The van der Waals surface area contributed by atoms with E-state index in [0.717, 1.165) is 28.5 Å². The lowest BCUT2D eigenvalue weighted by molar-refractivity contribution is 0.0793. The fraction of sp³-hybridized carbons (Fsp3) is 0.417. The van der Waals surface area contributed by atoms with E-state index in [2.05, 4.69) is 37.2 Å². The third-order valence-corrected chi connectivity index (χ3v) is 3.29. The minimum absolute atomic E-state index is 0.0445. The van der Waals surface area contributed by atoms with Crippen LogP contribution in [0.25, 0.3) is 0 Å². The van der Waals surface area contributed by atoms with Crippen LogP contribution >= 0.6 is 31.9 Å². The lowest BCUT2D eigenvalue weighted by Crippen LogP contribution is -2.29. The van der Waals surface area contributed by atoms with Gasteiger partial charge in [-0.3, -0.25) is 4.79 Å². The molecule has 1 aromatic carbocycles. The molecule has 0 radical (unpaired) electrons. The number of halogens is 2. The molecule has 0 aliphatic carbocycles. The lowest BCUT2D eigenvalue weighted by atomic mass is 10.2. The zero-order chi connectivity index (χ0) is 12.8. The fourth-order valence-corrected chi connectivity index (χ4v) is 2.79. The van der Waals surface area contributed by atoms with Gasteiger partial charge in [-0.2, -0.15) is 0 Å². The van der Waals surface area contributed by atoms with Crippen LogP contribution in [0.5, 0.6) is 0 Å². The largest absolute Gasteiger partial charge is 0.342 e. The first kappa shape index (κ1) is 14.7. The molecule has 0 saturated carbocycles. The summed E-state index contributed by atoms with van der Waals surface area (Å²) in [4.78, 5) is 13.8. The number of carbonyl (C=O) groups is 1. The Balaban J connectivity index is 2.68. The van der Waals surface area contributed by atoms with Crippen molar-refractivity contribution in [2.75, 3.05) is 27.2 Å². The molecule has 0 saturated heterocycles. The molecule has 0 heterocycles. The van der Waals surface area contributed by atoms with E-state index in [0.29, 0.717) is 5.56 Å². The Hall–Kier alpha value is -0.390. The van der Waals surface area contributed by atoms with Crippen LogP contribution in [0.2, 0.25) is 0 Å². The molecule has 0 bridgehead atoms. The molecule has 1 amide bonds. The second-order valence-corrected chi connectivity index (χ2v) is 5.67. The second-order valence-electron chi connectivity index (χ2n) is 3.84. The lowest BCUT2D eigenvalue weighted by Gasteiger charge is -2.17. The molecule has 0 atom stereocenters. The van der Waals surface area contributed by atoms with Gasteiger partial charge in [0.05, 0.1) is 0 Å². The first-order valence-corrected chi connectivity index (χ1v) is 6.99. The number of carbonyl (C=O) groups excluding carboxylic acids is 1. The average molecular weight is 364 g/mol. The zero-order valence-corrected chi connectivity index (χ0v) is 13.1. The quantitative estimate of drug-likeness (QED) is 0.816. The van der Waals surface area contributed by atoms with Gasteiger partial charge in [0, 0.05) is 28.1 Å². The Morgan fingerprint density at radius 3 is 2.41 bits per heavy atom. The molecule has 1 N–H and O–H groups in total. The average Bonchev–Trinajstić information content (AvgIpc) is 2.27. The molecule has 0 fully saturated rings. The van der Waals surface area contributed by atoms with E-state index in [9.17, 15) is 4.79 Å². The van der Waals surface area contributed by atoms with Gasteiger partial charge in [-0.05, 0) is 38.2 Å². The normalized spacial score (nSPS) is 10.4. The minimum Gasteiger partial charge on any atom is -0.342 e. The van der Waals surface area contributed by atoms with Gasteiger partial charge in [-0.1, -0.05) is 31.9 Å². The van der Waals surface area contributed by atoms with Crippen molar-refractivity contribution in [1.82, 2.24) is 10.2 Å². The number of rotatable bonds is 5. The fourth-order valence-electron chi connectivity index (χ4n) is 1.49. The summed E-state index contributed by atoms with van der Waals surface area (Å²) in [7, 11) is 3.74. The van der Waals surface area contributed by atoms with Crippen LogP contribution in [0.1, 0.15) is 16.8 Å². The second kappa shape index (κ2) is 7.13. The monoisotopic (exact) mass is 362 g/mol. The SMILES string of the molecule is CNCCCN(C)C(=O)c1cc(Br)cc(Br)c1. The molecule has 0 spiro atoms. The van der Waals surface area contributed by atoms with Gasteiger partial charge in [0.25, 0.3) is 5.91 Å². The van der Waals surface area contributed by atoms with E-state index in [4.69, 9.17) is 0 Å². The third kappa shape index (κ3) is 4.77. The van der Waals surface area contributed by atoms with Crippen LogP contribution in [0.4, 0.5) is 0 Å². The summed E-state index contributed by atoms with van der Waals surface area (Å²) in [6.45, 7) is 1.67. The predicted molar refractivity (Wildman–Crippen MR) is 77.3 cm³/mol. The van der Waals surface area contributed by atoms with Crippen LogP contribution in [-0.4, -0.2) is 38.0 Å². The van der Waals surface area contributed by atoms with E-state index in [1.54, 1.807) is 4.90 Å². The van der Waals surface area contributed by atoms with Gasteiger partial charge in [0.2, 0.25) is 0 Å². The number of nitrogens with zero attached hydrogens (tertiary/aromatic N) is 1. The van der Waals surface area contributed by atoms with Crippen molar-refractivity contribution in [2.24, 2.45) is 0 Å². The summed E-state index contributed by atoms with van der Waals surface area (Å²) in [6, 6.07) is 5.58. The van der Waals surface area contributed by atoms with Gasteiger partial charge in [0.1, 0.15) is 0 Å². The number of nitrogens with one attached hydrogen (secondary N) is 1. The Morgan fingerprint density at radius 1 is 1.29 bits per heavy atom. The van der Waals surface area contributed by atoms with Gasteiger partial charge in [-0.15, -0.1) is 0 Å². The molecule has 1 rings (SSSR count). The summed E-state index contributed by atoms with van der Waals surface area (Å²) < 4.78 is 1.80. The van der Waals surface area contributed by atoms with Crippen LogP contribution in [-0.2, 0) is 0 Å². The summed E-state index contributed by atoms with van der Waals surface area (Å²) in [5.74, 6) is 0.0445. The number of benzene rings is 1. The summed E-state index contributed by atoms with van der Waals surface area (Å²) in [5.41, 5.74) is 0.693. The molecule has 0 unspecified atom stereocenters. The zero-order valence-electron chi connectivity index (χ0n) is 9.96. The first-order chi connectivity index (χ1) is 8.04. The maximum atomic E-state index is 12.1. The van der Waals surface area contributed by atoms with Gasteiger partial charge in [0.15, 0.2) is 0 Å². The summed E-state index contributed by atoms with van der Waals surface area (Å²) >= 11 is 6.77. The number of hydrogen-bond donors (Lipinski definition) is 1. The van der Waals surface area contributed by atoms with Gasteiger partial charge >= 0.3 is 0 Å². The highest BCUT2D eigenvalue weighted by Gasteiger charge is 2.12. The number of hydrogen-bond acceptors (Lipinski definition) is 2. The molecule has 3 nitrogen and oxygen atoms in total. The Labute approximate surface area is 119 Å². The van der Waals surface area contributed by atoms with Crippen molar-refractivity contribution < 1.29 is 4.79 Å². The molecule has 94 valence electrons. The number of amides is 1. The molecule has 0 aromatic heterocycles. The summed E-state index contributed by atoms with van der Waals surface area (Å²) in [6.07, 6.45) is 0.952. The van der Waals surface area contributed by atoms with Crippen LogP contribution in [0, 0.1) is 0 Å². The standard InChI is InChI=1S/C12H16Br2N2O/c1-15-4-3-5-16(2)12(17)9-6-10(13)8-11(14)7-9/h6-8,15H,3-5H2,1-2H3. The van der Waals surface area contributed by atoms with Crippen molar-refractivity contribution >= 4 is 37.8 Å². The van der Waals surface area contributed by atoms with E-state index in [1.807, 2.05) is 32.3 Å². The Bertz CT molecular complexity index is 376. The molecule has 17 heavy (non-hydrogen) atoms.